The smallest absolute Gasteiger partial charge is 0.265 e. The van der Waals surface area contributed by atoms with Crippen molar-refractivity contribution in [3.05, 3.63) is 42.5 Å². The lowest BCUT2D eigenvalue weighted by Crippen LogP contribution is -2.29. The van der Waals surface area contributed by atoms with Gasteiger partial charge in [-0.2, -0.15) is 5.10 Å². The van der Waals surface area contributed by atoms with Crippen molar-refractivity contribution in [2.45, 2.75) is 0 Å². The second-order valence-corrected chi connectivity index (χ2v) is 2.86. The molecule has 1 amide bonds. The summed E-state index contributed by atoms with van der Waals surface area (Å²) in [4.78, 5) is 15.0. The lowest BCUT2D eigenvalue weighted by molar-refractivity contribution is 0.0953. The number of amides is 1. The predicted octanol–water partition coefficient (Wildman–Crippen LogP) is -0.129. The number of hydrazine groups is 1. The topological polar surface area (TPSA) is 85.8 Å². The van der Waals surface area contributed by atoms with E-state index in [1.807, 2.05) is 0 Å². The number of nitrogens with one attached hydrogen (secondary N) is 1. The van der Waals surface area contributed by atoms with Crippen LogP contribution in [0.2, 0.25) is 0 Å². The van der Waals surface area contributed by atoms with Gasteiger partial charge in [-0.15, -0.1) is 0 Å². The highest BCUT2D eigenvalue weighted by Gasteiger charge is 2.03. The minimum absolute atomic E-state index is 0.319. The maximum absolute atomic E-state index is 11.1. The van der Waals surface area contributed by atoms with E-state index in [-0.39, 0.29) is 5.91 Å². The molecular formula is C9H9N5O. The van der Waals surface area contributed by atoms with Crippen LogP contribution in [0.15, 0.2) is 36.9 Å². The van der Waals surface area contributed by atoms with E-state index in [2.05, 4.69) is 15.5 Å². The maximum Gasteiger partial charge on any atom is 0.265 e. The van der Waals surface area contributed by atoms with E-state index < -0.39 is 0 Å². The fraction of sp³-hybridized carbons (Fsp3) is 0. The van der Waals surface area contributed by atoms with Crippen molar-refractivity contribution >= 4 is 5.91 Å². The molecule has 0 saturated carbocycles. The minimum atomic E-state index is -0.319. The summed E-state index contributed by atoms with van der Waals surface area (Å²) in [5, 5.41) is 3.96. The molecule has 1 aromatic heterocycles. The maximum atomic E-state index is 11.1. The van der Waals surface area contributed by atoms with Gasteiger partial charge in [0.25, 0.3) is 5.91 Å². The van der Waals surface area contributed by atoms with E-state index in [1.54, 1.807) is 35.3 Å². The van der Waals surface area contributed by atoms with Gasteiger partial charge in [0, 0.05) is 5.56 Å². The summed E-state index contributed by atoms with van der Waals surface area (Å²) < 4.78 is 1.60. The Balaban J connectivity index is 2.29. The number of nitrogen functional groups attached to an aromatic ring is 1. The first-order valence-electron chi connectivity index (χ1n) is 4.27. The van der Waals surface area contributed by atoms with Crippen LogP contribution in [0.4, 0.5) is 0 Å². The second-order valence-electron chi connectivity index (χ2n) is 2.86. The highest BCUT2D eigenvalue weighted by atomic mass is 16.2. The molecule has 1 heterocycles. The Labute approximate surface area is 85.7 Å². The Bertz CT molecular complexity index is 448. The first-order valence-corrected chi connectivity index (χ1v) is 4.27. The number of nitrogens with zero attached hydrogens (tertiary/aromatic N) is 3. The Morgan fingerprint density at radius 2 is 2.07 bits per heavy atom. The van der Waals surface area contributed by atoms with Gasteiger partial charge in [0.1, 0.15) is 12.7 Å². The van der Waals surface area contributed by atoms with Crippen molar-refractivity contribution in [3.8, 4) is 5.69 Å². The van der Waals surface area contributed by atoms with Gasteiger partial charge >= 0.3 is 0 Å². The van der Waals surface area contributed by atoms with Crippen molar-refractivity contribution < 1.29 is 4.79 Å². The minimum Gasteiger partial charge on any atom is -0.290 e. The van der Waals surface area contributed by atoms with Crippen LogP contribution in [-0.4, -0.2) is 20.7 Å². The molecule has 0 aliphatic carbocycles. The fourth-order valence-corrected chi connectivity index (χ4v) is 1.19. The van der Waals surface area contributed by atoms with Gasteiger partial charge in [0.2, 0.25) is 0 Å². The highest BCUT2D eigenvalue weighted by Crippen LogP contribution is 2.07. The molecule has 2 aromatic rings. The third kappa shape index (κ3) is 1.84. The van der Waals surface area contributed by atoms with Crippen LogP contribution in [0.5, 0.6) is 0 Å². The number of hydrogen-bond acceptors (Lipinski definition) is 4. The average molecular weight is 203 g/mol. The quantitative estimate of drug-likeness (QED) is 0.404. The van der Waals surface area contributed by atoms with Gasteiger partial charge < -0.3 is 0 Å². The third-order valence-electron chi connectivity index (χ3n) is 1.94. The zero-order chi connectivity index (χ0) is 10.7. The SMILES string of the molecule is NNC(=O)c1ccc(-n2cncn2)cc1. The average Bonchev–Trinajstić information content (AvgIpc) is 2.82. The molecule has 0 fully saturated rings. The Hall–Kier alpha value is -2.21. The number of hydrogen-bond donors (Lipinski definition) is 2. The van der Waals surface area contributed by atoms with E-state index in [4.69, 9.17) is 5.84 Å². The molecule has 2 rings (SSSR count). The molecule has 15 heavy (non-hydrogen) atoms. The summed E-state index contributed by atoms with van der Waals surface area (Å²) in [5.74, 6) is 4.69. The standard InChI is InChI=1S/C9H9N5O/c10-13-9(15)7-1-3-8(4-2-7)14-6-11-5-12-14/h1-6H,10H2,(H,13,15). The molecule has 0 unspecified atom stereocenters. The van der Waals surface area contributed by atoms with Crippen LogP contribution >= 0.6 is 0 Å². The van der Waals surface area contributed by atoms with Crippen LogP contribution < -0.4 is 11.3 Å². The number of benzene rings is 1. The molecule has 0 bridgehead atoms. The van der Waals surface area contributed by atoms with Crippen molar-refractivity contribution in [3.63, 3.8) is 0 Å². The van der Waals surface area contributed by atoms with Gasteiger partial charge in [-0.05, 0) is 24.3 Å². The number of carbonyl (C=O) groups excluding carboxylic acids is 1. The third-order valence-corrected chi connectivity index (χ3v) is 1.94. The van der Waals surface area contributed by atoms with Crippen molar-refractivity contribution in [1.29, 1.82) is 0 Å². The molecule has 0 aliphatic rings. The number of rotatable bonds is 2. The first-order chi connectivity index (χ1) is 7.31. The zero-order valence-electron chi connectivity index (χ0n) is 7.79. The predicted molar refractivity (Wildman–Crippen MR) is 53.0 cm³/mol. The van der Waals surface area contributed by atoms with Crippen LogP contribution in [0.3, 0.4) is 0 Å². The normalized spacial score (nSPS) is 9.93. The summed E-state index contributed by atoms with van der Waals surface area (Å²) in [7, 11) is 0. The Kier molecular flexibility index (Phi) is 2.42. The van der Waals surface area contributed by atoms with Gasteiger partial charge in [-0.3, -0.25) is 10.2 Å². The number of carbonyl (C=O) groups is 1. The number of nitrogens with two attached hydrogens (primary N) is 1. The molecule has 0 spiro atoms. The Morgan fingerprint density at radius 3 is 2.60 bits per heavy atom. The van der Waals surface area contributed by atoms with E-state index in [0.717, 1.165) is 5.69 Å². The van der Waals surface area contributed by atoms with E-state index >= 15 is 0 Å². The Morgan fingerprint density at radius 1 is 1.33 bits per heavy atom. The molecule has 6 nitrogen and oxygen atoms in total. The molecule has 3 N–H and O–H groups in total. The lowest BCUT2D eigenvalue weighted by Gasteiger charge is -2.02. The summed E-state index contributed by atoms with van der Waals surface area (Å²) in [6.45, 7) is 0. The summed E-state index contributed by atoms with van der Waals surface area (Å²) >= 11 is 0. The first kappa shape index (κ1) is 9.35. The number of aromatic nitrogens is 3. The van der Waals surface area contributed by atoms with Crippen LogP contribution in [0.25, 0.3) is 5.69 Å². The molecule has 0 aliphatic heterocycles. The van der Waals surface area contributed by atoms with Crippen molar-refractivity contribution in [1.82, 2.24) is 20.2 Å². The molecule has 0 saturated heterocycles. The molecule has 0 atom stereocenters. The molecule has 76 valence electrons. The zero-order valence-corrected chi connectivity index (χ0v) is 7.79. The van der Waals surface area contributed by atoms with Gasteiger partial charge in [0.15, 0.2) is 0 Å². The monoisotopic (exact) mass is 203 g/mol. The van der Waals surface area contributed by atoms with E-state index in [1.165, 1.54) is 6.33 Å². The van der Waals surface area contributed by atoms with E-state index in [9.17, 15) is 4.79 Å². The van der Waals surface area contributed by atoms with Gasteiger partial charge in [-0.1, -0.05) is 0 Å². The second kappa shape index (κ2) is 3.89. The molecule has 0 radical (unpaired) electrons. The van der Waals surface area contributed by atoms with Gasteiger partial charge in [-0.25, -0.2) is 15.5 Å². The molecule has 6 heteroatoms. The summed E-state index contributed by atoms with van der Waals surface area (Å²) in [6.07, 6.45) is 3.03. The van der Waals surface area contributed by atoms with Crippen molar-refractivity contribution in [2.24, 2.45) is 5.84 Å². The fourth-order valence-electron chi connectivity index (χ4n) is 1.19. The summed E-state index contributed by atoms with van der Waals surface area (Å²) in [5.41, 5.74) is 3.40. The lowest BCUT2D eigenvalue weighted by atomic mass is 10.2. The largest absolute Gasteiger partial charge is 0.290 e. The molecule has 1 aromatic carbocycles. The van der Waals surface area contributed by atoms with Crippen LogP contribution in [0.1, 0.15) is 10.4 Å². The van der Waals surface area contributed by atoms with Gasteiger partial charge in [0.05, 0.1) is 5.69 Å². The highest BCUT2D eigenvalue weighted by molar-refractivity contribution is 5.93. The van der Waals surface area contributed by atoms with E-state index in [0.29, 0.717) is 5.56 Å². The van der Waals surface area contributed by atoms with Crippen molar-refractivity contribution in [2.75, 3.05) is 0 Å². The van der Waals surface area contributed by atoms with Crippen LogP contribution in [-0.2, 0) is 0 Å². The summed E-state index contributed by atoms with van der Waals surface area (Å²) in [6, 6.07) is 6.86. The molecular weight excluding hydrogens is 194 g/mol. The van der Waals surface area contributed by atoms with Crippen LogP contribution in [0, 0.1) is 0 Å².